The van der Waals surface area contributed by atoms with E-state index in [1.165, 1.54) is 6.92 Å². The van der Waals surface area contributed by atoms with Gasteiger partial charge in [-0.05, 0) is 6.92 Å². The second-order valence-corrected chi connectivity index (χ2v) is 2.25. The van der Waals surface area contributed by atoms with E-state index in [-0.39, 0.29) is 6.42 Å². The zero-order chi connectivity index (χ0) is 9.94. The summed E-state index contributed by atoms with van der Waals surface area (Å²) in [6.45, 7) is 2.38. The lowest BCUT2D eigenvalue weighted by Gasteiger charge is -2.07. The molecule has 0 spiro atoms. The maximum Gasteiger partial charge on any atom is 0.449 e. The molecule has 5 heteroatoms. The van der Waals surface area contributed by atoms with Crippen molar-refractivity contribution < 1.29 is 23.1 Å². The van der Waals surface area contributed by atoms with Crippen LogP contribution in [-0.4, -0.2) is 17.1 Å². The van der Waals surface area contributed by atoms with Crippen LogP contribution in [0.5, 0.6) is 0 Å². The molecule has 0 bridgehead atoms. The zero-order valence-corrected chi connectivity index (χ0v) is 6.70. The van der Waals surface area contributed by atoms with E-state index in [2.05, 4.69) is 0 Å². The average Bonchev–Trinajstić information content (AvgIpc) is 1.98. The highest BCUT2D eigenvalue weighted by Gasteiger charge is 2.36. The van der Waals surface area contributed by atoms with Gasteiger partial charge in [-0.25, -0.2) is 0 Å². The Morgan fingerprint density at radius 1 is 1.42 bits per heavy atom. The quantitative estimate of drug-likeness (QED) is 0.525. The van der Waals surface area contributed by atoms with Gasteiger partial charge in [-0.2, -0.15) is 13.2 Å². The van der Waals surface area contributed by atoms with E-state index in [0.29, 0.717) is 0 Å². The minimum atomic E-state index is -4.82. The van der Waals surface area contributed by atoms with Crippen LogP contribution in [0.25, 0.3) is 0 Å². The Labute approximate surface area is 67.7 Å². The molecule has 0 aliphatic heterocycles. The van der Waals surface area contributed by atoms with Crippen molar-refractivity contribution in [2.45, 2.75) is 26.4 Å². The monoisotopic (exact) mass is 182 g/mol. The standard InChI is InChI=1S/C7H9F3O2/c1-3-5(11)4(2)6(12)7(8,9)10/h12H,3H2,1-2H3. The molecule has 0 fully saturated rings. The van der Waals surface area contributed by atoms with Crippen LogP contribution in [0.15, 0.2) is 11.3 Å². The van der Waals surface area contributed by atoms with Gasteiger partial charge in [0, 0.05) is 12.0 Å². The number of Topliss-reactive ketones (excluding diaryl/α,β-unsaturated/α-hetero) is 1. The third-order valence-electron chi connectivity index (χ3n) is 1.36. The van der Waals surface area contributed by atoms with E-state index in [1.54, 1.807) is 0 Å². The molecule has 0 radical (unpaired) electrons. The second-order valence-electron chi connectivity index (χ2n) is 2.25. The van der Waals surface area contributed by atoms with E-state index in [0.717, 1.165) is 6.92 Å². The topological polar surface area (TPSA) is 37.3 Å². The molecule has 0 aromatic heterocycles. The van der Waals surface area contributed by atoms with Crippen LogP contribution in [-0.2, 0) is 4.79 Å². The summed E-state index contributed by atoms with van der Waals surface area (Å²) in [6.07, 6.45) is -4.87. The van der Waals surface area contributed by atoms with Gasteiger partial charge in [0.15, 0.2) is 5.78 Å². The summed E-state index contributed by atoms with van der Waals surface area (Å²) in [7, 11) is 0. The number of alkyl halides is 3. The van der Waals surface area contributed by atoms with Crippen LogP contribution in [0.4, 0.5) is 13.2 Å². The molecule has 0 rings (SSSR count). The number of aliphatic hydroxyl groups is 1. The Hall–Kier alpha value is -1.00. The van der Waals surface area contributed by atoms with Crippen molar-refractivity contribution in [3.05, 3.63) is 11.3 Å². The molecule has 0 heterocycles. The number of hydrogen-bond donors (Lipinski definition) is 1. The number of aliphatic hydroxyl groups excluding tert-OH is 1. The first-order valence-electron chi connectivity index (χ1n) is 3.31. The van der Waals surface area contributed by atoms with Crippen molar-refractivity contribution in [1.29, 1.82) is 0 Å². The van der Waals surface area contributed by atoms with Crippen molar-refractivity contribution >= 4 is 5.78 Å². The van der Waals surface area contributed by atoms with Crippen molar-refractivity contribution in [2.24, 2.45) is 0 Å². The van der Waals surface area contributed by atoms with Crippen molar-refractivity contribution in [3.63, 3.8) is 0 Å². The minimum Gasteiger partial charge on any atom is -0.504 e. The Morgan fingerprint density at radius 2 is 1.83 bits per heavy atom. The summed E-state index contributed by atoms with van der Waals surface area (Å²) in [4.78, 5) is 10.7. The Bertz CT molecular complexity index is 215. The van der Waals surface area contributed by atoms with Crippen molar-refractivity contribution in [1.82, 2.24) is 0 Å². The van der Waals surface area contributed by atoms with Crippen LogP contribution in [0.1, 0.15) is 20.3 Å². The predicted octanol–water partition coefficient (Wildman–Crippen LogP) is 2.36. The maximum absolute atomic E-state index is 11.7. The third kappa shape index (κ3) is 2.56. The number of hydrogen-bond acceptors (Lipinski definition) is 2. The van der Waals surface area contributed by atoms with Gasteiger partial charge < -0.3 is 5.11 Å². The molecule has 0 aromatic carbocycles. The van der Waals surface area contributed by atoms with Crippen LogP contribution in [0.2, 0.25) is 0 Å². The SMILES string of the molecule is CCC(=O)C(C)=C(O)C(F)(F)F. The van der Waals surface area contributed by atoms with E-state index in [1.807, 2.05) is 0 Å². The number of ketones is 1. The molecule has 0 atom stereocenters. The molecule has 70 valence electrons. The molecule has 12 heavy (non-hydrogen) atoms. The molecule has 2 nitrogen and oxygen atoms in total. The first-order valence-corrected chi connectivity index (χ1v) is 3.31. The van der Waals surface area contributed by atoms with Gasteiger partial charge in [0.05, 0.1) is 0 Å². The highest BCUT2D eigenvalue weighted by atomic mass is 19.4. The van der Waals surface area contributed by atoms with Crippen LogP contribution in [0, 0.1) is 0 Å². The first-order chi connectivity index (χ1) is 5.30. The third-order valence-corrected chi connectivity index (χ3v) is 1.36. The van der Waals surface area contributed by atoms with Crippen molar-refractivity contribution in [2.75, 3.05) is 0 Å². The summed E-state index contributed by atoms with van der Waals surface area (Å²) in [5, 5.41) is 8.49. The van der Waals surface area contributed by atoms with Gasteiger partial charge in [-0.1, -0.05) is 6.92 Å². The van der Waals surface area contributed by atoms with E-state index in [9.17, 15) is 18.0 Å². The Morgan fingerprint density at radius 3 is 2.08 bits per heavy atom. The molecule has 0 aromatic rings. The molecule has 0 aliphatic rings. The fraction of sp³-hybridized carbons (Fsp3) is 0.571. The van der Waals surface area contributed by atoms with Gasteiger partial charge in [-0.15, -0.1) is 0 Å². The summed E-state index contributed by atoms with van der Waals surface area (Å²) in [6, 6.07) is 0. The normalized spacial score (nSPS) is 14.1. The van der Waals surface area contributed by atoms with Crippen LogP contribution in [0.3, 0.4) is 0 Å². The minimum absolute atomic E-state index is 0.0496. The summed E-state index contributed by atoms with van der Waals surface area (Å²) >= 11 is 0. The molecule has 1 N–H and O–H groups in total. The van der Waals surface area contributed by atoms with Gasteiger partial charge in [0.2, 0.25) is 5.76 Å². The van der Waals surface area contributed by atoms with Gasteiger partial charge in [0.1, 0.15) is 0 Å². The number of carbonyl (C=O) groups excluding carboxylic acids is 1. The largest absolute Gasteiger partial charge is 0.504 e. The zero-order valence-electron chi connectivity index (χ0n) is 6.70. The van der Waals surface area contributed by atoms with Crippen molar-refractivity contribution in [3.8, 4) is 0 Å². The number of rotatable bonds is 2. The Kier molecular flexibility index (Phi) is 3.30. The van der Waals surface area contributed by atoms with E-state index in [4.69, 9.17) is 5.11 Å². The molecule has 0 unspecified atom stereocenters. The lowest BCUT2D eigenvalue weighted by atomic mass is 10.1. The van der Waals surface area contributed by atoms with Gasteiger partial charge >= 0.3 is 6.18 Å². The van der Waals surface area contributed by atoms with Crippen LogP contribution < -0.4 is 0 Å². The molecular weight excluding hydrogens is 173 g/mol. The predicted molar refractivity (Wildman–Crippen MR) is 36.7 cm³/mol. The summed E-state index contributed by atoms with van der Waals surface area (Å²) < 4.78 is 35.2. The molecule has 0 saturated heterocycles. The smallest absolute Gasteiger partial charge is 0.449 e. The number of halogens is 3. The van der Waals surface area contributed by atoms with Gasteiger partial charge in [0.25, 0.3) is 0 Å². The average molecular weight is 182 g/mol. The fourth-order valence-electron chi connectivity index (χ4n) is 0.610. The number of allylic oxidation sites excluding steroid dienone is 2. The maximum atomic E-state index is 11.7. The lowest BCUT2D eigenvalue weighted by Crippen LogP contribution is -2.16. The molecule has 0 saturated carbocycles. The van der Waals surface area contributed by atoms with E-state index < -0.39 is 23.3 Å². The highest BCUT2D eigenvalue weighted by molar-refractivity contribution is 5.95. The summed E-state index contributed by atoms with van der Waals surface area (Å²) in [5.74, 6) is -2.50. The summed E-state index contributed by atoms with van der Waals surface area (Å²) in [5.41, 5.74) is -0.634. The molecule has 0 amide bonds. The molecular formula is C7H9F3O2. The number of carbonyl (C=O) groups is 1. The Balaban J connectivity index is 4.82. The van der Waals surface area contributed by atoms with Crippen LogP contribution >= 0.6 is 0 Å². The molecule has 0 aliphatic carbocycles. The second kappa shape index (κ2) is 3.60. The van der Waals surface area contributed by atoms with Gasteiger partial charge in [-0.3, -0.25) is 4.79 Å². The highest BCUT2D eigenvalue weighted by Crippen LogP contribution is 2.26. The first kappa shape index (κ1) is 11.0. The van der Waals surface area contributed by atoms with E-state index >= 15 is 0 Å². The fourth-order valence-corrected chi connectivity index (χ4v) is 0.610. The lowest BCUT2D eigenvalue weighted by molar-refractivity contribution is -0.127.